The van der Waals surface area contributed by atoms with E-state index in [4.69, 9.17) is 11.6 Å². The molecular formula is C10H12ClN. The Kier molecular flexibility index (Phi) is 1.84. The lowest BCUT2D eigenvalue weighted by Crippen LogP contribution is -2.04. The second-order valence-electron chi connectivity index (χ2n) is 3.50. The van der Waals surface area contributed by atoms with E-state index >= 15 is 0 Å². The molecule has 1 aliphatic carbocycles. The van der Waals surface area contributed by atoms with Crippen molar-refractivity contribution in [3.05, 3.63) is 29.0 Å². The van der Waals surface area contributed by atoms with Gasteiger partial charge in [0.1, 0.15) is 5.15 Å². The van der Waals surface area contributed by atoms with Crippen molar-refractivity contribution in [2.24, 2.45) is 0 Å². The fourth-order valence-electron chi connectivity index (χ4n) is 1.69. The zero-order valence-electron chi connectivity index (χ0n) is 7.18. The van der Waals surface area contributed by atoms with Gasteiger partial charge in [0.2, 0.25) is 0 Å². The number of aromatic nitrogens is 1. The van der Waals surface area contributed by atoms with Crippen LogP contribution in [-0.4, -0.2) is 4.98 Å². The first-order chi connectivity index (χ1) is 5.77. The highest BCUT2D eigenvalue weighted by molar-refractivity contribution is 6.29. The smallest absolute Gasteiger partial charge is 0.129 e. The number of nitrogens with zero attached hydrogens (tertiary/aromatic N) is 1. The standard InChI is InChI=1S/C10H12ClN/c1-2-10(5-6-10)8-3-4-9(11)12-7-8/h3-4,7H,2,5-6H2,1H3. The van der Waals surface area contributed by atoms with Gasteiger partial charge in [0.05, 0.1) is 0 Å². The van der Waals surface area contributed by atoms with Crippen molar-refractivity contribution in [1.82, 2.24) is 4.98 Å². The van der Waals surface area contributed by atoms with Crippen LogP contribution in [0, 0.1) is 0 Å². The van der Waals surface area contributed by atoms with E-state index in [0.717, 1.165) is 0 Å². The van der Waals surface area contributed by atoms with Crippen LogP contribution in [0.25, 0.3) is 0 Å². The van der Waals surface area contributed by atoms with Crippen molar-refractivity contribution >= 4 is 11.6 Å². The number of hydrogen-bond donors (Lipinski definition) is 0. The maximum atomic E-state index is 5.71. The van der Waals surface area contributed by atoms with Gasteiger partial charge in [-0.15, -0.1) is 0 Å². The predicted molar refractivity (Wildman–Crippen MR) is 50.5 cm³/mol. The lowest BCUT2D eigenvalue weighted by molar-refractivity contribution is 0.661. The topological polar surface area (TPSA) is 12.9 Å². The van der Waals surface area contributed by atoms with Crippen molar-refractivity contribution in [3.8, 4) is 0 Å². The summed E-state index contributed by atoms with van der Waals surface area (Å²) in [6.45, 7) is 2.24. The molecule has 2 rings (SSSR count). The molecule has 0 bridgehead atoms. The summed E-state index contributed by atoms with van der Waals surface area (Å²) < 4.78 is 0. The van der Waals surface area contributed by atoms with Crippen molar-refractivity contribution in [3.63, 3.8) is 0 Å². The number of pyridine rings is 1. The second-order valence-corrected chi connectivity index (χ2v) is 3.89. The first-order valence-electron chi connectivity index (χ1n) is 4.39. The van der Waals surface area contributed by atoms with E-state index in [9.17, 15) is 0 Å². The quantitative estimate of drug-likeness (QED) is 0.639. The molecule has 1 aromatic heterocycles. The zero-order chi connectivity index (χ0) is 8.60. The van der Waals surface area contributed by atoms with Crippen LogP contribution < -0.4 is 0 Å². The van der Waals surface area contributed by atoms with Gasteiger partial charge in [0, 0.05) is 6.20 Å². The monoisotopic (exact) mass is 181 g/mol. The third-order valence-corrected chi connectivity index (χ3v) is 3.09. The molecule has 64 valence electrons. The Hall–Kier alpha value is -0.560. The third-order valence-electron chi connectivity index (χ3n) is 2.87. The average Bonchev–Trinajstić information content (AvgIpc) is 2.86. The van der Waals surface area contributed by atoms with Crippen LogP contribution in [0.4, 0.5) is 0 Å². The van der Waals surface area contributed by atoms with Gasteiger partial charge in [-0.25, -0.2) is 4.98 Å². The van der Waals surface area contributed by atoms with E-state index in [0.29, 0.717) is 10.6 Å². The zero-order valence-corrected chi connectivity index (χ0v) is 7.93. The predicted octanol–water partition coefficient (Wildman–Crippen LogP) is 3.18. The largest absolute Gasteiger partial charge is 0.244 e. The van der Waals surface area contributed by atoms with Crippen LogP contribution >= 0.6 is 11.6 Å². The minimum Gasteiger partial charge on any atom is -0.244 e. The van der Waals surface area contributed by atoms with Gasteiger partial charge in [-0.1, -0.05) is 24.6 Å². The molecule has 1 heterocycles. The average molecular weight is 182 g/mol. The van der Waals surface area contributed by atoms with Crippen molar-refractivity contribution in [2.75, 3.05) is 0 Å². The van der Waals surface area contributed by atoms with Gasteiger partial charge in [-0.05, 0) is 36.3 Å². The van der Waals surface area contributed by atoms with Gasteiger partial charge >= 0.3 is 0 Å². The third kappa shape index (κ3) is 1.22. The first-order valence-corrected chi connectivity index (χ1v) is 4.77. The van der Waals surface area contributed by atoms with Crippen LogP contribution in [0.15, 0.2) is 18.3 Å². The molecule has 12 heavy (non-hydrogen) atoms. The minimum atomic E-state index is 0.456. The van der Waals surface area contributed by atoms with Gasteiger partial charge < -0.3 is 0 Å². The Labute approximate surface area is 77.8 Å². The molecule has 0 atom stereocenters. The molecule has 0 N–H and O–H groups in total. The molecule has 1 aliphatic rings. The summed E-state index contributed by atoms with van der Waals surface area (Å²) in [6, 6.07) is 3.98. The van der Waals surface area contributed by atoms with Gasteiger partial charge in [-0.2, -0.15) is 0 Å². The summed E-state index contributed by atoms with van der Waals surface area (Å²) in [7, 11) is 0. The van der Waals surface area contributed by atoms with Crippen LogP contribution in [-0.2, 0) is 5.41 Å². The highest BCUT2D eigenvalue weighted by Gasteiger charge is 2.42. The molecule has 0 unspecified atom stereocenters. The normalized spacial score (nSPS) is 19.2. The SMILES string of the molecule is CCC1(c2ccc(Cl)nc2)CC1. The Morgan fingerprint density at radius 1 is 1.50 bits per heavy atom. The first kappa shape index (κ1) is 8.06. The number of hydrogen-bond acceptors (Lipinski definition) is 1. The van der Waals surface area contributed by atoms with E-state index in [-0.39, 0.29) is 0 Å². The summed E-state index contributed by atoms with van der Waals surface area (Å²) in [5.74, 6) is 0. The summed E-state index contributed by atoms with van der Waals surface area (Å²) >= 11 is 5.71. The van der Waals surface area contributed by atoms with E-state index in [1.165, 1.54) is 24.8 Å². The van der Waals surface area contributed by atoms with Gasteiger partial charge in [-0.3, -0.25) is 0 Å². The fraction of sp³-hybridized carbons (Fsp3) is 0.500. The Morgan fingerprint density at radius 2 is 2.25 bits per heavy atom. The van der Waals surface area contributed by atoms with E-state index in [1.54, 1.807) is 0 Å². The van der Waals surface area contributed by atoms with Gasteiger partial charge in [0.25, 0.3) is 0 Å². The molecule has 1 aromatic rings. The second kappa shape index (κ2) is 2.74. The maximum Gasteiger partial charge on any atom is 0.129 e. The molecule has 0 aliphatic heterocycles. The van der Waals surface area contributed by atoms with Crippen LogP contribution in [0.1, 0.15) is 31.7 Å². The van der Waals surface area contributed by atoms with Gasteiger partial charge in [0.15, 0.2) is 0 Å². The van der Waals surface area contributed by atoms with Crippen LogP contribution in [0.2, 0.25) is 5.15 Å². The molecule has 2 heteroatoms. The Balaban J connectivity index is 2.29. The lowest BCUT2D eigenvalue weighted by Gasteiger charge is -2.11. The molecule has 0 aromatic carbocycles. The molecular weight excluding hydrogens is 170 g/mol. The van der Waals surface area contributed by atoms with Crippen LogP contribution in [0.5, 0.6) is 0 Å². The van der Waals surface area contributed by atoms with E-state index in [2.05, 4.69) is 18.0 Å². The summed E-state index contributed by atoms with van der Waals surface area (Å²) in [5.41, 5.74) is 1.81. The van der Waals surface area contributed by atoms with E-state index in [1.807, 2.05) is 12.3 Å². The summed E-state index contributed by atoms with van der Waals surface area (Å²) in [6.07, 6.45) is 5.76. The molecule has 1 fully saturated rings. The number of rotatable bonds is 2. The lowest BCUT2D eigenvalue weighted by atomic mass is 9.95. The van der Waals surface area contributed by atoms with Crippen molar-refractivity contribution < 1.29 is 0 Å². The van der Waals surface area contributed by atoms with Crippen LogP contribution in [0.3, 0.4) is 0 Å². The molecule has 0 saturated heterocycles. The molecule has 1 saturated carbocycles. The minimum absolute atomic E-state index is 0.456. The maximum absolute atomic E-state index is 5.71. The summed E-state index contributed by atoms with van der Waals surface area (Å²) in [4.78, 5) is 4.10. The van der Waals surface area contributed by atoms with Crippen molar-refractivity contribution in [1.29, 1.82) is 0 Å². The Morgan fingerprint density at radius 3 is 2.67 bits per heavy atom. The molecule has 0 amide bonds. The molecule has 0 radical (unpaired) electrons. The van der Waals surface area contributed by atoms with Crippen molar-refractivity contribution in [2.45, 2.75) is 31.6 Å². The van der Waals surface area contributed by atoms with E-state index < -0.39 is 0 Å². The molecule has 1 nitrogen and oxygen atoms in total. The molecule has 0 spiro atoms. The number of halogens is 1. The fourth-order valence-corrected chi connectivity index (χ4v) is 1.80. The highest BCUT2D eigenvalue weighted by atomic mass is 35.5. The summed E-state index contributed by atoms with van der Waals surface area (Å²) in [5, 5.41) is 0.589. The Bertz CT molecular complexity index is 274. The highest BCUT2D eigenvalue weighted by Crippen LogP contribution is 2.50.